The summed E-state index contributed by atoms with van der Waals surface area (Å²) in [4.78, 5) is 32.4. The Morgan fingerprint density at radius 2 is 2.08 bits per heavy atom. The zero-order valence-electron chi connectivity index (χ0n) is 14.0. The van der Waals surface area contributed by atoms with E-state index >= 15 is 0 Å². The van der Waals surface area contributed by atoms with E-state index in [1.165, 1.54) is 17.8 Å². The summed E-state index contributed by atoms with van der Waals surface area (Å²) in [5, 5.41) is 5.24. The molecule has 6 nitrogen and oxygen atoms in total. The van der Waals surface area contributed by atoms with Crippen LogP contribution in [0.1, 0.15) is 30.6 Å². The molecule has 0 aromatic carbocycles. The molecule has 0 radical (unpaired) electrons. The van der Waals surface area contributed by atoms with E-state index in [-0.39, 0.29) is 18.4 Å². The molecule has 3 rings (SSSR count). The second-order valence-electron chi connectivity index (χ2n) is 6.02. The molecule has 0 bridgehead atoms. The Labute approximate surface area is 155 Å². The fraction of sp³-hybridized carbons (Fsp3) is 0.471. The predicted octanol–water partition coefficient (Wildman–Crippen LogP) is 2.52. The van der Waals surface area contributed by atoms with Crippen LogP contribution in [-0.4, -0.2) is 41.3 Å². The third-order valence-electron chi connectivity index (χ3n) is 4.19. The number of nitrogens with one attached hydrogen (secondary N) is 1. The van der Waals surface area contributed by atoms with Gasteiger partial charge in [-0.2, -0.15) is 0 Å². The smallest absolute Gasteiger partial charge is 0.241 e. The number of nitrogens with zero attached hydrogens (tertiary/aromatic N) is 2. The summed E-state index contributed by atoms with van der Waals surface area (Å²) < 4.78 is 0. The van der Waals surface area contributed by atoms with Gasteiger partial charge in [-0.3, -0.25) is 9.59 Å². The minimum absolute atomic E-state index is 0.00867. The van der Waals surface area contributed by atoms with E-state index in [9.17, 15) is 9.59 Å². The highest BCUT2D eigenvalue weighted by atomic mass is 32.1. The van der Waals surface area contributed by atoms with Gasteiger partial charge in [-0.1, -0.05) is 6.07 Å². The van der Waals surface area contributed by atoms with Crippen molar-refractivity contribution in [3.8, 4) is 10.6 Å². The Morgan fingerprint density at radius 3 is 2.80 bits per heavy atom. The number of carbonyl (C=O) groups excluding carboxylic acids is 2. The van der Waals surface area contributed by atoms with Gasteiger partial charge < -0.3 is 16.0 Å². The number of amides is 2. The number of hydrogen-bond acceptors (Lipinski definition) is 6. The van der Waals surface area contributed by atoms with Crippen LogP contribution in [-0.2, 0) is 16.0 Å². The zero-order chi connectivity index (χ0) is 17.6. The highest BCUT2D eigenvalue weighted by Crippen LogP contribution is 2.33. The standard InChI is InChI=1S/C17H22N4O2S2/c18-17-20-16(12-5-4-10-24-12)13(25-17)6-7-14(22)19-11-15(23)21-8-2-1-3-9-21/h4-5,10H,1-3,6-9,11H2,(H2,18,20)(H,19,22). The summed E-state index contributed by atoms with van der Waals surface area (Å²) in [6, 6.07) is 3.97. The molecule has 1 saturated heterocycles. The molecular weight excluding hydrogens is 356 g/mol. The number of likely N-dealkylation sites (tertiary alicyclic amines) is 1. The molecule has 2 aromatic rings. The third-order valence-corrected chi connectivity index (χ3v) is 6.01. The second kappa shape index (κ2) is 8.44. The van der Waals surface area contributed by atoms with E-state index in [2.05, 4.69) is 10.3 Å². The first-order valence-corrected chi connectivity index (χ1v) is 10.2. The van der Waals surface area contributed by atoms with Crippen LogP contribution in [0.2, 0.25) is 0 Å². The van der Waals surface area contributed by atoms with Crippen molar-refractivity contribution in [3.63, 3.8) is 0 Å². The van der Waals surface area contributed by atoms with Crippen molar-refractivity contribution >= 4 is 39.6 Å². The Bertz CT molecular complexity index is 721. The molecule has 0 unspecified atom stereocenters. The Kier molecular flexibility index (Phi) is 6.04. The molecule has 1 aliphatic heterocycles. The van der Waals surface area contributed by atoms with E-state index in [1.54, 1.807) is 11.3 Å². The van der Waals surface area contributed by atoms with E-state index in [1.807, 2.05) is 22.4 Å². The van der Waals surface area contributed by atoms with Crippen LogP contribution in [0.3, 0.4) is 0 Å². The number of nitrogens with two attached hydrogens (primary N) is 1. The van der Waals surface area contributed by atoms with Gasteiger partial charge in [-0.15, -0.1) is 22.7 Å². The van der Waals surface area contributed by atoms with Crippen molar-refractivity contribution < 1.29 is 9.59 Å². The molecule has 3 heterocycles. The summed E-state index contributed by atoms with van der Waals surface area (Å²) in [5.74, 6) is -0.108. The molecule has 25 heavy (non-hydrogen) atoms. The van der Waals surface area contributed by atoms with E-state index in [0.717, 1.165) is 41.4 Å². The molecule has 8 heteroatoms. The van der Waals surface area contributed by atoms with Gasteiger partial charge in [-0.05, 0) is 37.1 Å². The fourth-order valence-corrected chi connectivity index (χ4v) is 4.54. The Balaban J connectivity index is 1.49. The molecule has 0 saturated carbocycles. The van der Waals surface area contributed by atoms with Gasteiger partial charge in [-0.25, -0.2) is 4.98 Å². The summed E-state index contributed by atoms with van der Waals surface area (Å²) in [6.07, 6.45) is 4.19. The van der Waals surface area contributed by atoms with Crippen molar-refractivity contribution in [2.24, 2.45) is 0 Å². The van der Waals surface area contributed by atoms with Crippen molar-refractivity contribution in [2.75, 3.05) is 25.4 Å². The minimum Gasteiger partial charge on any atom is -0.375 e. The summed E-state index contributed by atoms with van der Waals surface area (Å²) in [7, 11) is 0. The lowest BCUT2D eigenvalue weighted by atomic mass is 10.1. The summed E-state index contributed by atoms with van der Waals surface area (Å²) >= 11 is 3.03. The van der Waals surface area contributed by atoms with E-state index in [0.29, 0.717) is 18.0 Å². The number of aromatic nitrogens is 1. The van der Waals surface area contributed by atoms with Crippen LogP contribution in [0, 0.1) is 0 Å². The van der Waals surface area contributed by atoms with Crippen molar-refractivity contribution in [3.05, 3.63) is 22.4 Å². The van der Waals surface area contributed by atoms with Gasteiger partial charge in [0, 0.05) is 24.4 Å². The van der Waals surface area contributed by atoms with Crippen molar-refractivity contribution in [2.45, 2.75) is 32.1 Å². The van der Waals surface area contributed by atoms with E-state index in [4.69, 9.17) is 5.73 Å². The van der Waals surface area contributed by atoms with E-state index < -0.39 is 0 Å². The normalized spacial score (nSPS) is 14.5. The quantitative estimate of drug-likeness (QED) is 0.808. The van der Waals surface area contributed by atoms with Gasteiger partial charge in [0.15, 0.2) is 5.13 Å². The number of thiophene rings is 1. The highest BCUT2D eigenvalue weighted by molar-refractivity contribution is 7.17. The number of carbonyl (C=O) groups is 2. The molecule has 3 N–H and O–H groups in total. The average Bonchev–Trinajstić information content (AvgIpc) is 3.27. The Morgan fingerprint density at radius 1 is 1.28 bits per heavy atom. The maximum atomic E-state index is 12.1. The molecule has 1 fully saturated rings. The monoisotopic (exact) mass is 378 g/mol. The lowest BCUT2D eigenvalue weighted by Crippen LogP contribution is -2.42. The van der Waals surface area contributed by atoms with Crippen LogP contribution in [0.15, 0.2) is 17.5 Å². The maximum Gasteiger partial charge on any atom is 0.241 e. The molecule has 0 aliphatic carbocycles. The molecule has 134 valence electrons. The maximum absolute atomic E-state index is 12.1. The summed E-state index contributed by atoms with van der Waals surface area (Å²) in [6.45, 7) is 1.69. The van der Waals surface area contributed by atoms with Crippen LogP contribution in [0.5, 0.6) is 0 Å². The van der Waals surface area contributed by atoms with Crippen molar-refractivity contribution in [1.29, 1.82) is 0 Å². The largest absolute Gasteiger partial charge is 0.375 e. The molecule has 2 amide bonds. The SMILES string of the molecule is Nc1nc(-c2cccs2)c(CCC(=O)NCC(=O)N2CCCCC2)s1. The molecule has 0 atom stereocenters. The molecule has 1 aliphatic rings. The number of piperidine rings is 1. The lowest BCUT2D eigenvalue weighted by molar-refractivity contribution is -0.133. The first-order chi connectivity index (χ1) is 12.1. The second-order valence-corrected chi connectivity index (χ2v) is 8.08. The number of anilines is 1. The van der Waals surface area contributed by atoms with Crippen molar-refractivity contribution in [1.82, 2.24) is 15.2 Å². The highest BCUT2D eigenvalue weighted by Gasteiger charge is 2.18. The number of thiazole rings is 1. The van der Waals surface area contributed by atoms with Crippen LogP contribution in [0.25, 0.3) is 10.6 Å². The number of hydrogen-bond donors (Lipinski definition) is 2. The lowest BCUT2D eigenvalue weighted by Gasteiger charge is -2.26. The Hall–Kier alpha value is -1.93. The first kappa shape index (κ1) is 17.9. The van der Waals surface area contributed by atoms with Crippen LogP contribution < -0.4 is 11.1 Å². The number of nitrogen functional groups attached to an aromatic ring is 1. The first-order valence-electron chi connectivity index (χ1n) is 8.47. The minimum atomic E-state index is -0.116. The zero-order valence-corrected chi connectivity index (χ0v) is 15.6. The number of rotatable bonds is 6. The topological polar surface area (TPSA) is 88.3 Å². The van der Waals surface area contributed by atoms with Crippen LogP contribution in [0.4, 0.5) is 5.13 Å². The van der Waals surface area contributed by atoms with Gasteiger partial charge in [0.2, 0.25) is 11.8 Å². The molecule has 0 spiro atoms. The molecule has 2 aromatic heterocycles. The van der Waals surface area contributed by atoms with Gasteiger partial charge in [0.1, 0.15) is 0 Å². The fourth-order valence-electron chi connectivity index (χ4n) is 2.89. The van der Waals surface area contributed by atoms with Gasteiger partial charge >= 0.3 is 0 Å². The average molecular weight is 379 g/mol. The number of aryl methyl sites for hydroxylation is 1. The third kappa shape index (κ3) is 4.79. The summed E-state index contributed by atoms with van der Waals surface area (Å²) in [5.41, 5.74) is 6.70. The van der Waals surface area contributed by atoms with Gasteiger partial charge in [0.25, 0.3) is 0 Å². The molecular formula is C17H22N4O2S2. The van der Waals surface area contributed by atoms with Gasteiger partial charge in [0.05, 0.1) is 17.1 Å². The van der Waals surface area contributed by atoms with Crippen LogP contribution >= 0.6 is 22.7 Å². The predicted molar refractivity (Wildman–Crippen MR) is 102 cm³/mol.